The summed E-state index contributed by atoms with van der Waals surface area (Å²) in [6.07, 6.45) is 0. The molecular formula is C24H19NO2S. The second-order valence-electron chi connectivity index (χ2n) is 6.72. The summed E-state index contributed by atoms with van der Waals surface area (Å²) in [6.45, 7) is 1.92. The zero-order chi connectivity index (χ0) is 19.7. The largest absolute Gasteiger partial charge is 0.270 e. The molecule has 28 heavy (non-hydrogen) atoms. The average Bonchev–Trinajstić information content (AvgIpc) is 2.71. The molecule has 4 heteroatoms. The molecule has 0 N–H and O–H groups in total. The van der Waals surface area contributed by atoms with Gasteiger partial charge in [-0.25, -0.2) is 12.7 Å². The SMILES string of the molecule is Cc1ccc(S(=O)(=O)N(C)C#Cc2c3ccccc3cc3ccccc23)cc1. The van der Waals surface area contributed by atoms with E-state index in [2.05, 4.69) is 18.0 Å². The molecule has 4 aromatic rings. The summed E-state index contributed by atoms with van der Waals surface area (Å²) >= 11 is 0. The first-order valence-corrected chi connectivity index (χ1v) is 10.4. The Morgan fingerprint density at radius 3 is 1.89 bits per heavy atom. The summed E-state index contributed by atoms with van der Waals surface area (Å²) < 4.78 is 26.7. The maximum atomic E-state index is 12.8. The summed E-state index contributed by atoms with van der Waals surface area (Å²) in [5, 5.41) is 4.17. The van der Waals surface area contributed by atoms with E-state index < -0.39 is 10.0 Å². The number of fused-ring (bicyclic) bond motifs is 2. The number of sulfonamides is 1. The van der Waals surface area contributed by atoms with Crippen LogP contribution in [-0.4, -0.2) is 19.8 Å². The zero-order valence-corrected chi connectivity index (χ0v) is 16.5. The van der Waals surface area contributed by atoms with Crippen LogP contribution < -0.4 is 0 Å². The van der Waals surface area contributed by atoms with Gasteiger partial charge < -0.3 is 0 Å². The van der Waals surface area contributed by atoms with Crippen molar-refractivity contribution in [1.82, 2.24) is 4.31 Å². The van der Waals surface area contributed by atoms with Gasteiger partial charge in [-0.05, 0) is 52.6 Å². The molecule has 0 spiro atoms. The Bertz CT molecular complexity index is 1290. The first-order valence-electron chi connectivity index (χ1n) is 8.94. The van der Waals surface area contributed by atoms with Crippen molar-refractivity contribution >= 4 is 31.6 Å². The number of nitrogens with zero attached hydrogens (tertiary/aromatic N) is 1. The lowest BCUT2D eigenvalue weighted by Gasteiger charge is -2.12. The lowest BCUT2D eigenvalue weighted by atomic mass is 9.97. The van der Waals surface area contributed by atoms with E-state index in [4.69, 9.17) is 0 Å². The molecule has 0 aliphatic carbocycles. The number of hydrogen-bond donors (Lipinski definition) is 0. The van der Waals surface area contributed by atoms with Crippen LogP contribution in [0.1, 0.15) is 11.1 Å². The van der Waals surface area contributed by atoms with Gasteiger partial charge in [-0.3, -0.25) is 0 Å². The molecule has 4 aromatic carbocycles. The van der Waals surface area contributed by atoms with E-state index in [9.17, 15) is 8.42 Å². The minimum Gasteiger partial charge on any atom is -0.227 e. The molecule has 0 aromatic heterocycles. The molecule has 0 heterocycles. The van der Waals surface area contributed by atoms with Crippen molar-refractivity contribution in [2.24, 2.45) is 0 Å². The lowest BCUT2D eigenvalue weighted by molar-refractivity contribution is 0.547. The van der Waals surface area contributed by atoms with Gasteiger partial charge in [0.1, 0.15) is 0 Å². The summed E-state index contributed by atoms with van der Waals surface area (Å²) in [6, 6.07) is 27.8. The van der Waals surface area contributed by atoms with Crippen LogP contribution in [0.25, 0.3) is 21.5 Å². The minimum absolute atomic E-state index is 0.234. The van der Waals surface area contributed by atoms with Crippen LogP contribution in [-0.2, 0) is 10.0 Å². The van der Waals surface area contributed by atoms with Crippen LogP contribution in [0.3, 0.4) is 0 Å². The van der Waals surface area contributed by atoms with E-state index in [0.29, 0.717) is 0 Å². The molecule has 0 amide bonds. The second-order valence-corrected chi connectivity index (χ2v) is 8.69. The van der Waals surface area contributed by atoms with Crippen LogP contribution in [0.15, 0.2) is 83.8 Å². The molecule has 0 aliphatic rings. The fourth-order valence-electron chi connectivity index (χ4n) is 3.21. The van der Waals surface area contributed by atoms with Crippen molar-refractivity contribution in [3.63, 3.8) is 0 Å². The van der Waals surface area contributed by atoms with Crippen molar-refractivity contribution < 1.29 is 8.42 Å². The highest BCUT2D eigenvalue weighted by Crippen LogP contribution is 2.27. The standard InChI is InChI=1S/C24H19NO2S/c1-18-11-13-21(14-12-18)28(26,27)25(2)16-15-24-22-9-5-3-7-19(22)17-20-8-4-6-10-23(20)24/h3-14,17H,1-2H3. The molecule has 3 nitrogen and oxygen atoms in total. The number of hydrogen-bond acceptors (Lipinski definition) is 2. The molecule has 0 atom stereocenters. The predicted molar refractivity (Wildman–Crippen MR) is 114 cm³/mol. The third kappa shape index (κ3) is 3.21. The van der Waals surface area contributed by atoms with Gasteiger partial charge in [0.05, 0.1) is 4.90 Å². The third-order valence-corrected chi connectivity index (χ3v) is 6.47. The molecule has 0 bridgehead atoms. The maximum Gasteiger partial charge on any atom is 0.270 e. The van der Waals surface area contributed by atoms with Gasteiger partial charge in [-0.1, -0.05) is 66.2 Å². The fourth-order valence-corrected chi connectivity index (χ4v) is 4.17. The van der Waals surface area contributed by atoms with E-state index in [1.807, 2.05) is 55.5 Å². The van der Waals surface area contributed by atoms with Crippen LogP contribution in [0.2, 0.25) is 0 Å². The highest BCUT2D eigenvalue weighted by atomic mass is 32.2. The zero-order valence-electron chi connectivity index (χ0n) is 15.7. The molecule has 0 aliphatic heterocycles. The molecule has 138 valence electrons. The highest BCUT2D eigenvalue weighted by Gasteiger charge is 2.18. The Kier molecular flexibility index (Phi) is 4.54. The normalized spacial score (nSPS) is 11.2. The van der Waals surface area contributed by atoms with Gasteiger partial charge in [-0.15, -0.1) is 0 Å². The average molecular weight is 385 g/mol. The lowest BCUT2D eigenvalue weighted by Crippen LogP contribution is -2.22. The summed E-state index contributed by atoms with van der Waals surface area (Å²) in [7, 11) is -2.19. The van der Waals surface area contributed by atoms with Gasteiger partial charge in [0.25, 0.3) is 10.0 Å². The maximum absolute atomic E-state index is 12.8. The Morgan fingerprint density at radius 1 is 0.786 bits per heavy atom. The van der Waals surface area contributed by atoms with E-state index >= 15 is 0 Å². The fraction of sp³-hybridized carbons (Fsp3) is 0.0833. The van der Waals surface area contributed by atoms with Gasteiger partial charge in [-0.2, -0.15) is 0 Å². The smallest absolute Gasteiger partial charge is 0.227 e. The minimum atomic E-state index is -3.67. The van der Waals surface area contributed by atoms with E-state index in [1.54, 1.807) is 24.3 Å². The van der Waals surface area contributed by atoms with Crippen molar-refractivity contribution in [1.29, 1.82) is 0 Å². The molecule has 0 radical (unpaired) electrons. The predicted octanol–water partition coefficient (Wildman–Crippen LogP) is 4.93. The summed E-state index contributed by atoms with van der Waals surface area (Å²) in [5.41, 5.74) is 1.84. The van der Waals surface area contributed by atoms with Gasteiger partial charge >= 0.3 is 0 Å². The molecular weight excluding hydrogens is 366 g/mol. The van der Waals surface area contributed by atoms with E-state index in [-0.39, 0.29) is 4.90 Å². The van der Waals surface area contributed by atoms with Crippen LogP contribution in [0.4, 0.5) is 0 Å². The Morgan fingerprint density at radius 2 is 1.32 bits per heavy atom. The van der Waals surface area contributed by atoms with Gasteiger partial charge in [0.15, 0.2) is 0 Å². The Labute approximate surface area is 165 Å². The second kappa shape index (κ2) is 7.03. The topological polar surface area (TPSA) is 37.4 Å². The molecule has 0 fully saturated rings. The van der Waals surface area contributed by atoms with Crippen LogP contribution >= 0.6 is 0 Å². The summed E-state index contributed by atoms with van der Waals surface area (Å²) in [4.78, 5) is 0.234. The van der Waals surface area contributed by atoms with Crippen LogP contribution in [0, 0.1) is 18.9 Å². The quantitative estimate of drug-likeness (QED) is 0.279. The monoisotopic (exact) mass is 385 g/mol. The first-order chi connectivity index (χ1) is 13.5. The van der Waals surface area contributed by atoms with Crippen molar-refractivity contribution in [2.45, 2.75) is 11.8 Å². The van der Waals surface area contributed by atoms with Crippen LogP contribution in [0.5, 0.6) is 0 Å². The molecule has 0 saturated carbocycles. The van der Waals surface area contributed by atoms with Crippen molar-refractivity contribution in [3.05, 3.63) is 90.0 Å². The summed E-state index contributed by atoms with van der Waals surface area (Å²) in [5.74, 6) is 3.11. The van der Waals surface area contributed by atoms with E-state index in [1.165, 1.54) is 7.05 Å². The Balaban J connectivity index is 1.84. The molecule has 0 saturated heterocycles. The first kappa shape index (κ1) is 18.1. The number of benzene rings is 4. The van der Waals surface area contributed by atoms with Crippen molar-refractivity contribution in [3.8, 4) is 12.0 Å². The molecule has 0 unspecified atom stereocenters. The van der Waals surface area contributed by atoms with Crippen molar-refractivity contribution in [2.75, 3.05) is 7.05 Å². The number of rotatable bonds is 2. The van der Waals surface area contributed by atoms with Gasteiger partial charge in [0.2, 0.25) is 0 Å². The Hall–Kier alpha value is -3.29. The van der Waals surface area contributed by atoms with Gasteiger partial charge in [0, 0.05) is 18.7 Å². The molecule has 4 rings (SSSR count). The van der Waals surface area contributed by atoms with E-state index in [0.717, 1.165) is 37.0 Å². The highest BCUT2D eigenvalue weighted by molar-refractivity contribution is 7.89. The third-order valence-electron chi connectivity index (χ3n) is 4.79. The number of aryl methyl sites for hydroxylation is 1.